The Balaban J connectivity index is 1.44. The van der Waals surface area contributed by atoms with Crippen LogP contribution in [0.2, 0.25) is 0 Å². The van der Waals surface area contributed by atoms with Crippen molar-refractivity contribution < 1.29 is 9.90 Å². The summed E-state index contributed by atoms with van der Waals surface area (Å²) < 4.78 is 0. The zero-order valence-corrected chi connectivity index (χ0v) is 14.3. The first-order valence-corrected chi connectivity index (χ1v) is 8.81. The second-order valence-electron chi connectivity index (χ2n) is 6.46. The van der Waals surface area contributed by atoms with E-state index < -0.39 is 0 Å². The lowest BCUT2D eigenvalue weighted by molar-refractivity contribution is 0.0832. The number of rotatable bonds is 5. The maximum absolute atomic E-state index is 12.0. The van der Waals surface area contributed by atoms with Gasteiger partial charge in [-0.1, -0.05) is 30.3 Å². The van der Waals surface area contributed by atoms with Crippen molar-refractivity contribution in [1.29, 1.82) is 0 Å². The molecule has 0 unspecified atom stereocenters. The number of urea groups is 1. The molecule has 0 saturated carbocycles. The third-order valence-electron chi connectivity index (χ3n) is 4.52. The van der Waals surface area contributed by atoms with E-state index in [0.717, 1.165) is 50.3 Å². The first-order chi connectivity index (χ1) is 12.2. The van der Waals surface area contributed by atoms with Crippen molar-refractivity contribution in [3.05, 3.63) is 60.2 Å². The fourth-order valence-corrected chi connectivity index (χ4v) is 3.00. The summed E-state index contributed by atoms with van der Waals surface area (Å²) >= 11 is 0. The lowest BCUT2D eigenvalue weighted by Gasteiger charge is -2.29. The lowest BCUT2D eigenvalue weighted by atomic mass is 10.1. The van der Waals surface area contributed by atoms with Gasteiger partial charge in [0.2, 0.25) is 0 Å². The smallest absolute Gasteiger partial charge is 0.323 e. The van der Waals surface area contributed by atoms with Crippen molar-refractivity contribution in [1.82, 2.24) is 4.90 Å². The summed E-state index contributed by atoms with van der Waals surface area (Å²) in [6.45, 7) is 2.95. The van der Waals surface area contributed by atoms with Gasteiger partial charge < -0.3 is 20.6 Å². The van der Waals surface area contributed by atoms with Crippen LogP contribution < -0.4 is 10.6 Å². The molecular weight excluding hydrogens is 314 g/mol. The van der Waals surface area contributed by atoms with Crippen LogP contribution in [0.5, 0.6) is 0 Å². The second-order valence-corrected chi connectivity index (χ2v) is 6.46. The molecule has 3 N–H and O–H groups in total. The monoisotopic (exact) mass is 339 g/mol. The first kappa shape index (κ1) is 17.5. The Morgan fingerprint density at radius 1 is 0.960 bits per heavy atom. The molecule has 25 heavy (non-hydrogen) atoms. The van der Waals surface area contributed by atoms with Crippen LogP contribution >= 0.6 is 0 Å². The van der Waals surface area contributed by atoms with Crippen LogP contribution in [-0.4, -0.2) is 41.8 Å². The molecule has 5 nitrogen and oxygen atoms in total. The van der Waals surface area contributed by atoms with Gasteiger partial charge in [-0.2, -0.15) is 0 Å². The molecule has 0 aliphatic carbocycles. The van der Waals surface area contributed by atoms with Crippen molar-refractivity contribution in [3.8, 4) is 0 Å². The SMILES string of the molecule is O=C(Nc1ccccc1)Nc1ccc(CCN2CCC(O)CC2)cc1. The van der Waals surface area contributed by atoms with Gasteiger partial charge in [-0.3, -0.25) is 0 Å². The fraction of sp³-hybridized carbons (Fsp3) is 0.350. The van der Waals surface area contributed by atoms with E-state index in [2.05, 4.69) is 27.7 Å². The number of hydrogen-bond acceptors (Lipinski definition) is 3. The molecule has 2 aromatic rings. The molecule has 5 heteroatoms. The van der Waals surface area contributed by atoms with Gasteiger partial charge in [-0.25, -0.2) is 4.79 Å². The summed E-state index contributed by atoms with van der Waals surface area (Å²) in [7, 11) is 0. The van der Waals surface area contributed by atoms with Crippen LogP contribution in [0.15, 0.2) is 54.6 Å². The number of aliphatic hydroxyl groups excluding tert-OH is 1. The number of anilines is 2. The van der Waals surface area contributed by atoms with Crippen molar-refractivity contribution >= 4 is 17.4 Å². The number of carbonyl (C=O) groups is 1. The number of carbonyl (C=O) groups excluding carboxylic acids is 1. The van der Waals surface area contributed by atoms with Gasteiger partial charge in [0.05, 0.1) is 6.10 Å². The first-order valence-electron chi connectivity index (χ1n) is 8.81. The van der Waals surface area contributed by atoms with Crippen molar-refractivity contribution in [3.63, 3.8) is 0 Å². The van der Waals surface area contributed by atoms with Gasteiger partial charge in [-0.15, -0.1) is 0 Å². The second kappa shape index (κ2) is 8.65. The highest BCUT2D eigenvalue weighted by molar-refractivity contribution is 5.99. The van der Waals surface area contributed by atoms with Gasteiger partial charge >= 0.3 is 6.03 Å². The number of benzene rings is 2. The van der Waals surface area contributed by atoms with Crippen LogP contribution in [0.4, 0.5) is 16.2 Å². The summed E-state index contributed by atoms with van der Waals surface area (Å²) in [6.07, 6.45) is 2.61. The highest BCUT2D eigenvalue weighted by atomic mass is 16.3. The van der Waals surface area contributed by atoms with Gasteiger partial charge in [0.25, 0.3) is 0 Å². The average Bonchev–Trinajstić information content (AvgIpc) is 2.63. The summed E-state index contributed by atoms with van der Waals surface area (Å²) in [5, 5.41) is 15.2. The summed E-state index contributed by atoms with van der Waals surface area (Å²) in [6, 6.07) is 17.1. The molecule has 3 rings (SSSR count). The standard InChI is InChI=1S/C20H25N3O2/c24-19-11-14-23(15-12-19)13-10-16-6-8-18(9-7-16)22-20(25)21-17-4-2-1-3-5-17/h1-9,19,24H,10-15H2,(H2,21,22,25). The van der Waals surface area contributed by atoms with E-state index in [4.69, 9.17) is 0 Å². The normalized spacial score (nSPS) is 15.7. The Morgan fingerprint density at radius 2 is 1.56 bits per heavy atom. The number of piperidine rings is 1. The zero-order valence-electron chi connectivity index (χ0n) is 14.3. The maximum atomic E-state index is 12.0. The average molecular weight is 339 g/mol. The van der Waals surface area contributed by atoms with Crippen LogP contribution in [0.3, 0.4) is 0 Å². The van der Waals surface area contributed by atoms with Crippen LogP contribution in [0.1, 0.15) is 18.4 Å². The van der Waals surface area contributed by atoms with E-state index in [9.17, 15) is 9.90 Å². The van der Waals surface area contributed by atoms with E-state index in [1.807, 2.05) is 42.5 Å². The zero-order chi connectivity index (χ0) is 17.5. The van der Waals surface area contributed by atoms with E-state index in [1.54, 1.807) is 0 Å². The minimum atomic E-state index is -0.245. The fourth-order valence-electron chi connectivity index (χ4n) is 3.00. The van der Waals surface area contributed by atoms with Gasteiger partial charge in [0, 0.05) is 31.0 Å². The summed E-state index contributed by atoms with van der Waals surface area (Å²) in [5.41, 5.74) is 2.79. The number of hydrogen-bond donors (Lipinski definition) is 3. The molecule has 1 aliphatic heterocycles. The van der Waals surface area contributed by atoms with Crippen LogP contribution in [-0.2, 0) is 6.42 Å². The molecule has 1 aliphatic rings. The topological polar surface area (TPSA) is 64.6 Å². The number of likely N-dealkylation sites (tertiary alicyclic amines) is 1. The molecule has 1 heterocycles. The minimum Gasteiger partial charge on any atom is -0.393 e. The van der Waals surface area contributed by atoms with Crippen molar-refractivity contribution in [2.24, 2.45) is 0 Å². The highest BCUT2D eigenvalue weighted by Gasteiger charge is 2.16. The van der Waals surface area contributed by atoms with E-state index >= 15 is 0 Å². The van der Waals surface area contributed by atoms with Crippen LogP contribution in [0, 0.1) is 0 Å². The minimum absolute atomic E-state index is 0.122. The molecule has 0 radical (unpaired) electrons. The molecule has 0 spiro atoms. The predicted octanol–water partition coefficient (Wildman–Crippen LogP) is 3.33. The van der Waals surface area contributed by atoms with Crippen molar-refractivity contribution in [2.75, 3.05) is 30.3 Å². The lowest BCUT2D eigenvalue weighted by Crippen LogP contribution is -2.37. The maximum Gasteiger partial charge on any atom is 0.323 e. The Morgan fingerprint density at radius 3 is 2.20 bits per heavy atom. The predicted molar refractivity (Wildman–Crippen MR) is 101 cm³/mol. The molecular formula is C20H25N3O2. The van der Waals surface area contributed by atoms with Crippen molar-refractivity contribution in [2.45, 2.75) is 25.4 Å². The largest absolute Gasteiger partial charge is 0.393 e. The highest BCUT2D eigenvalue weighted by Crippen LogP contribution is 2.14. The Kier molecular flexibility index (Phi) is 6.04. The van der Waals surface area contributed by atoms with E-state index in [1.165, 1.54) is 5.56 Å². The molecule has 1 fully saturated rings. The van der Waals surface area contributed by atoms with E-state index in [-0.39, 0.29) is 12.1 Å². The number of aliphatic hydroxyl groups is 1. The summed E-state index contributed by atoms with van der Waals surface area (Å²) in [5.74, 6) is 0. The number of nitrogens with zero attached hydrogens (tertiary/aromatic N) is 1. The van der Waals surface area contributed by atoms with E-state index in [0.29, 0.717) is 0 Å². The molecule has 0 aromatic heterocycles. The quantitative estimate of drug-likeness (QED) is 0.783. The molecule has 1 saturated heterocycles. The van der Waals surface area contributed by atoms with Gasteiger partial charge in [0.1, 0.15) is 0 Å². The summed E-state index contributed by atoms with van der Waals surface area (Å²) in [4.78, 5) is 14.4. The molecule has 132 valence electrons. The molecule has 0 bridgehead atoms. The van der Waals surface area contributed by atoms with Gasteiger partial charge in [-0.05, 0) is 49.1 Å². The third kappa shape index (κ3) is 5.59. The third-order valence-corrected chi connectivity index (χ3v) is 4.52. The van der Waals surface area contributed by atoms with Gasteiger partial charge in [0.15, 0.2) is 0 Å². The number of amides is 2. The Hall–Kier alpha value is -2.37. The number of para-hydroxylation sites is 1. The molecule has 2 aromatic carbocycles. The molecule has 2 amide bonds. The number of nitrogens with one attached hydrogen (secondary N) is 2. The molecule has 0 atom stereocenters. The van der Waals surface area contributed by atoms with Crippen LogP contribution in [0.25, 0.3) is 0 Å². The Bertz CT molecular complexity index is 665. The Labute approximate surface area is 148 Å².